The number of nitrogens with one attached hydrogen (secondary N) is 1. The van der Waals surface area contributed by atoms with Crippen molar-refractivity contribution in [2.24, 2.45) is 0 Å². The van der Waals surface area contributed by atoms with Gasteiger partial charge >= 0.3 is 0 Å². The zero-order chi connectivity index (χ0) is 14.4. The lowest BCUT2D eigenvalue weighted by atomic mass is 10.2. The minimum Gasteiger partial charge on any atom is -0.366 e. The van der Waals surface area contributed by atoms with Crippen molar-refractivity contribution >= 4 is 11.9 Å². The molecule has 0 aliphatic rings. The molecule has 0 atom stereocenters. The molecule has 0 unspecified atom stereocenters. The highest BCUT2D eigenvalue weighted by atomic mass is 16.2. The second-order valence-corrected chi connectivity index (χ2v) is 4.04. The van der Waals surface area contributed by atoms with Crippen LogP contribution < -0.4 is 5.73 Å². The van der Waals surface area contributed by atoms with Crippen molar-refractivity contribution < 1.29 is 4.79 Å². The number of aromatic nitrogens is 4. The number of nitrogens with zero attached hydrogens (tertiary/aromatic N) is 5. The first-order valence-corrected chi connectivity index (χ1v) is 5.93. The van der Waals surface area contributed by atoms with Crippen molar-refractivity contribution in [3.8, 4) is 6.07 Å². The first kappa shape index (κ1) is 13.5. The molecule has 0 aliphatic heterocycles. The molecule has 8 heteroatoms. The van der Waals surface area contributed by atoms with Gasteiger partial charge in [-0.1, -0.05) is 6.07 Å². The number of anilines is 1. The van der Waals surface area contributed by atoms with E-state index in [-0.39, 0.29) is 24.1 Å². The second-order valence-electron chi connectivity index (χ2n) is 4.04. The number of carbonyl (C=O) groups excluding carboxylic acids is 1. The van der Waals surface area contributed by atoms with E-state index in [1.54, 1.807) is 18.5 Å². The smallest absolute Gasteiger partial charge is 0.291 e. The molecule has 8 nitrogen and oxygen atoms in total. The van der Waals surface area contributed by atoms with Crippen LogP contribution in [0.3, 0.4) is 0 Å². The van der Waals surface area contributed by atoms with E-state index in [1.807, 2.05) is 12.1 Å². The average molecular weight is 271 g/mol. The lowest BCUT2D eigenvalue weighted by molar-refractivity contribution is 0.0735. The Kier molecular flexibility index (Phi) is 4.24. The summed E-state index contributed by atoms with van der Waals surface area (Å²) in [5, 5.41) is 14.8. The number of hydrogen-bond donors (Lipinski definition) is 2. The Balaban J connectivity index is 2.15. The zero-order valence-corrected chi connectivity index (χ0v) is 10.7. The maximum Gasteiger partial charge on any atom is 0.291 e. The van der Waals surface area contributed by atoms with Gasteiger partial charge in [0.15, 0.2) is 0 Å². The van der Waals surface area contributed by atoms with E-state index >= 15 is 0 Å². The van der Waals surface area contributed by atoms with Gasteiger partial charge in [0.25, 0.3) is 5.91 Å². The van der Waals surface area contributed by atoms with Crippen LogP contribution in [0.2, 0.25) is 0 Å². The van der Waals surface area contributed by atoms with Crippen molar-refractivity contribution in [1.29, 1.82) is 5.26 Å². The van der Waals surface area contributed by atoms with E-state index in [1.165, 1.54) is 4.90 Å². The van der Waals surface area contributed by atoms with Gasteiger partial charge in [-0.15, -0.1) is 5.10 Å². The Morgan fingerprint density at radius 1 is 1.55 bits per heavy atom. The van der Waals surface area contributed by atoms with Crippen LogP contribution in [0.4, 0.5) is 5.95 Å². The lowest BCUT2D eigenvalue weighted by Crippen LogP contribution is -2.32. The third-order valence-electron chi connectivity index (χ3n) is 2.58. The summed E-state index contributed by atoms with van der Waals surface area (Å²) in [5.74, 6) is -0.285. The first-order chi connectivity index (χ1) is 9.70. The fourth-order valence-electron chi connectivity index (χ4n) is 1.67. The number of nitrogens with two attached hydrogens (primary N) is 1. The summed E-state index contributed by atoms with van der Waals surface area (Å²) < 4.78 is 0. The first-order valence-electron chi connectivity index (χ1n) is 5.93. The zero-order valence-electron chi connectivity index (χ0n) is 10.7. The third-order valence-corrected chi connectivity index (χ3v) is 2.58. The van der Waals surface area contributed by atoms with Crippen LogP contribution in [-0.2, 0) is 6.54 Å². The largest absolute Gasteiger partial charge is 0.366 e. The lowest BCUT2D eigenvalue weighted by Gasteiger charge is -2.20. The van der Waals surface area contributed by atoms with Crippen LogP contribution in [0, 0.1) is 11.3 Å². The molecule has 0 bridgehead atoms. The van der Waals surface area contributed by atoms with Gasteiger partial charge in [0.2, 0.25) is 11.8 Å². The molecule has 20 heavy (non-hydrogen) atoms. The van der Waals surface area contributed by atoms with Gasteiger partial charge < -0.3 is 10.6 Å². The van der Waals surface area contributed by atoms with Crippen molar-refractivity contribution in [3.05, 3.63) is 35.9 Å². The summed E-state index contributed by atoms with van der Waals surface area (Å²) in [4.78, 5) is 21.6. The summed E-state index contributed by atoms with van der Waals surface area (Å²) in [7, 11) is 0. The molecule has 0 saturated heterocycles. The number of hydrogen-bond acceptors (Lipinski definition) is 6. The molecule has 0 aliphatic carbocycles. The number of amides is 1. The number of aromatic amines is 1. The Labute approximate surface area is 115 Å². The SMILES string of the molecule is N#CCCN(Cc1cccnc1)C(=O)c1nc(N)n[nH]1. The molecule has 0 radical (unpaired) electrons. The number of nitriles is 1. The number of carbonyl (C=O) groups is 1. The van der Waals surface area contributed by atoms with Crippen molar-refractivity contribution in [2.75, 3.05) is 12.3 Å². The van der Waals surface area contributed by atoms with E-state index < -0.39 is 0 Å². The molecule has 2 rings (SSSR count). The highest BCUT2D eigenvalue weighted by Crippen LogP contribution is 2.08. The molecule has 2 aromatic rings. The van der Waals surface area contributed by atoms with Crippen molar-refractivity contribution in [2.45, 2.75) is 13.0 Å². The van der Waals surface area contributed by atoms with E-state index in [4.69, 9.17) is 11.0 Å². The summed E-state index contributed by atoms with van der Waals surface area (Å²) in [6.07, 6.45) is 3.55. The number of rotatable bonds is 5. The van der Waals surface area contributed by atoms with Crippen LogP contribution in [-0.4, -0.2) is 37.5 Å². The summed E-state index contributed by atoms with van der Waals surface area (Å²) in [6.45, 7) is 0.639. The van der Waals surface area contributed by atoms with Crippen LogP contribution in [0.25, 0.3) is 0 Å². The van der Waals surface area contributed by atoms with E-state index in [2.05, 4.69) is 20.2 Å². The molecule has 2 aromatic heterocycles. The monoisotopic (exact) mass is 271 g/mol. The van der Waals surface area contributed by atoms with E-state index in [9.17, 15) is 4.79 Å². The predicted molar refractivity (Wildman–Crippen MR) is 70.0 cm³/mol. The van der Waals surface area contributed by atoms with E-state index in [0.717, 1.165) is 5.56 Å². The third kappa shape index (κ3) is 3.29. The Morgan fingerprint density at radius 2 is 2.40 bits per heavy atom. The second kappa shape index (κ2) is 6.29. The van der Waals surface area contributed by atoms with Gasteiger partial charge in [0.05, 0.1) is 12.5 Å². The minimum absolute atomic E-state index is 0.00922. The van der Waals surface area contributed by atoms with Crippen LogP contribution >= 0.6 is 0 Å². The molecule has 0 saturated carbocycles. The topological polar surface area (TPSA) is 125 Å². The number of nitrogen functional groups attached to an aromatic ring is 1. The fourth-order valence-corrected chi connectivity index (χ4v) is 1.67. The van der Waals surface area contributed by atoms with Gasteiger partial charge in [-0.3, -0.25) is 14.9 Å². The quantitative estimate of drug-likeness (QED) is 0.807. The highest BCUT2D eigenvalue weighted by molar-refractivity contribution is 5.90. The molecular formula is C12H13N7O. The highest BCUT2D eigenvalue weighted by Gasteiger charge is 2.19. The maximum atomic E-state index is 12.3. The molecule has 1 amide bonds. The van der Waals surface area contributed by atoms with Gasteiger partial charge in [-0.2, -0.15) is 10.2 Å². The van der Waals surface area contributed by atoms with Crippen LogP contribution in [0.1, 0.15) is 22.6 Å². The summed E-state index contributed by atoms with van der Waals surface area (Å²) in [5.41, 5.74) is 6.25. The molecule has 0 aromatic carbocycles. The van der Waals surface area contributed by atoms with Crippen molar-refractivity contribution in [3.63, 3.8) is 0 Å². The van der Waals surface area contributed by atoms with Crippen LogP contribution in [0.5, 0.6) is 0 Å². The normalized spacial score (nSPS) is 9.95. The van der Waals surface area contributed by atoms with Gasteiger partial charge in [-0.05, 0) is 11.6 Å². The average Bonchev–Trinajstić information content (AvgIpc) is 2.90. The molecule has 0 spiro atoms. The van der Waals surface area contributed by atoms with Crippen LogP contribution in [0.15, 0.2) is 24.5 Å². The van der Waals surface area contributed by atoms with Gasteiger partial charge in [-0.25, -0.2) is 0 Å². The summed E-state index contributed by atoms with van der Waals surface area (Å²) in [6, 6.07) is 5.66. The molecule has 2 heterocycles. The molecule has 0 fully saturated rings. The molecule has 102 valence electrons. The Morgan fingerprint density at radius 3 is 3.00 bits per heavy atom. The van der Waals surface area contributed by atoms with Crippen molar-refractivity contribution in [1.82, 2.24) is 25.1 Å². The molecular weight excluding hydrogens is 258 g/mol. The molecule has 3 N–H and O–H groups in total. The van der Waals surface area contributed by atoms with E-state index in [0.29, 0.717) is 13.1 Å². The Bertz CT molecular complexity index is 616. The van der Waals surface area contributed by atoms with Gasteiger partial charge in [0, 0.05) is 25.5 Å². The fraction of sp³-hybridized carbons (Fsp3) is 0.250. The number of H-pyrrole nitrogens is 1. The minimum atomic E-state index is -0.353. The Hall–Kier alpha value is -2.95. The standard InChI is InChI=1S/C12H13N7O/c13-4-2-6-19(8-9-3-1-5-15-7-9)11(20)10-16-12(14)18-17-10/h1,3,5,7H,2,6,8H2,(H3,14,16,17,18). The predicted octanol–water partition coefficient (Wildman–Crippen LogP) is 0.338. The van der Waals surface area contributed by atoms with Gasteiger partial charge in [0.1, 0.15) is 0 Å². The maximum absolute atomic E-state index is 12.3. The number of pyridine rings is 1. The summed E-state index contributed by atoms with van der Waals surface area (Å²) >= 11 is 0.